The highest BCUT2D eigenvalue weighted by Gasteiger charge is 2.32. The minimum atomic E-state index is -0.601. The molecular weight excluding hydrogens is 350 g/mol. The van der Waals surface area contributed by atoms with Crippen molar-refractivity contribution in [3.8, 4) is 17.0 Å². The van der Waals surface area contributed by atoms with E-state index in [1.807, 2.05) is 0 Å². The zero-order chi connectivity index (χ0) is 19.3. The molecule has 2 aromatic rings. The molecule has 8 heteroatoms. The first-order valence-corrected chi connectivity index (χ1v) is 8.78. The summed E-state index contributed by atoms with van der Waals surface area (Å²) in [5.41, 5.74) is 0.235. The maximum atomic E-state index is 12.5. The number of aliphatic hydroxyl groups is 1. The van der Waals surface area contributed by atoms with E-state index in [2.05, 4.69) is 15.3 Å². The molecule has 1 aliphatic rings. The van der Waals surface area contributed by atoms with Crippen molar-refractivity contribution in [1.82, 2.24) is 15.3 Å². The maximum absolute atomic E-state index is 12.5. The molecule has 1 saturated heterocycles. The fraction of sp³-hybridized carbons (Fsp3) is 0.421. The van der Waals surface area contributed by atoms with Crippen molar-refractivity contribution in [2.75, 3.05) is 33.5 Å². The predicted octanol–water partition coefficient (Wildman–Crippen LogP) is 0.964. The summed E-state index contributed by atoms with van der Waals surface area (Å²) < 4.78 is 10.4. The first-order valence-electron chi connectivity index (χ1n) is 8.78. The van der Waals surface area contributed by atoms with E-state index in [1.54, 1.807) is 31.4 Å². The number of benzene rings is 1. The smallest absolute Gasteiger partial charge is 0.346 e. The van der Waals surface area contributed by atoms with Crippen LogP contribution in [-0.2, 0) is 4.74 Å². The van der Waals surface area contributed by atoms with Gasteiger partial charge in [0.2, 0.25) is 0 Å². The van der Waals surface area contributed by atoms with Gasteiger partial charge in [0.15, 0.2) is 0 Å². The van der Waals surface area contributed by atoms with E-state index in [4.69, 9.17) is 9.47 Å². The van der Waals surface area contributed by atoms with Gasteiger partial charge in [-0.1, -0.05) is 0 Å². The highest BCUT2D eigenvalue weighted by atomic mass is 16.5. The largest absolute Gasteiger partial charge is 0.497 e. The molecule has 0 spiro atoms. The molecule has 1 aliphatic heterocycles. The fourth-order valence-corrected chi connectivity index (χ4v) is 3.05. The summed E-state index contributed by atoms with van der Waals surface area (Å²) in [6, 6.07) is 8.59. The molecule has 0 aliphatic carbocycles. The van der Waals surface area contributed by atoms with Gasteiger partial charge in [0.25, 0.3) is 5.91 Å². The van der Waals surface area contributed by atoms with Gasteiger partial charge >= 0.3 is 5.69 Å². The topological polar surface area (TPSA) is 114 Å². The number of aromatic amines is 1. The summed E-state index contributed by atoms with van der Waals surface area (Å²) in [7, 11) is 1.57. The molecule has 3 rings (SSSR count). The van der Waals surface area contributed by atoms with Gasteiger partial charge < -0.3 is 24.9 Å². The van der Waals surface area contributed by atoms with Crippen molar-refractivity contribution >= 4 is 5.91 Å². The molecule has 144 valence electrons. The minimum Gasteiger partial charge on any atom is -0.497 e. The van der Waals surface area contributed by atoms with Crippen molar-refractivity contribution < 1.29 is 19.4 Å². The Morgan fingerprint density at radius 2 is 2.04 bits per heavy atom. The van der Waals surface area contributed by atoms with Crippen molar-refractivity contribution in [3.05, 3.63) is 46.5 Å². The Hall–Kier alpha value is -2.71. The summed E-state index contributed by atoms with van der Waals surface area (Å²) in [4.78, 5) is 30.8. The number of nitrogens with one attached hydrogen (secondary N) is 2. The van der Waals surface area contributed by atoms with Crippen LogP contribution < -0.4 is 15.7 Å². The van der Waals surface area contributed by atoms with Crippen molar-refractivity contribution in [2.24, 2.45) is 5.41 Å². The van der Waals surface area contributed by atoms with Gasteiger partial charge in [0.1, 0.15) is 11.4 Å². The second kappa shape index (κ2) is 8.32. The molecule has 1 amide bonds. The maximum Gasteiger partial charge on any atom is 0.346 e. The highest BCUT2D eigenvalue weighted by molar-refractivity contribution is 5.93. The number of rotatable bonds is 6. The normalized spacial score (nSPS) is 15.9. The standard InChI is InChI=1S/C19H23N3O5/c1-26-14-4-2-13(3-5-14)15-10-16(22-18(25)21-15)17(24)20-11-19(12-23)6-8-27-9-7-19/h2-5,10,23H,6-9,11-12H2,1H3,(H,20,24)(H,21,22,25). The van der Waals surface area contributed by atoms with Crippen LogP contribution in [0.15, 0.2) is 35.1 Å². The number of nitrogens with zero attached hydrogens (tertiary/aromatic N) is 1. The van der Waals surface area contributed by atoms with E-state index in [-0.39, 0.29) is 17.7 Å². The Morgan fingerprint density at radius 1 is 1.33 bits per heavy atom. The summed E-state index contributed by atoms with van der Waals surface area (Å²) in [6.45, 7) is 1.41. The number of methoxy groups -OCH3 is 1. The lowest BCUT2D eigenvalue weighted by Gasteiger charge is -2.35. The number of ether oxygens (including phenoxy) is 2. The van der Waals surface area contributed by atoms with Gasteiger partial charge in [0.05, 0.1) is 19.4 Å². The molecule has 0 atom stereocenters. The third-order valence-corrected chi connectivity index (χ3v) is 4.89. The van der Waals surface area contributed by atoms with Crippen LogP contribution in [0.4, 0.5) is 0 Å². The average Bonchev–Trinajstić information content (AvgIpc) is 2.72. The van der Waals surface area contributed by atoms with Gasteiger partial charge in [0, 0.05) is 30.7 Å². The molecule has 1 aromatic carbocycles. The van der Waals surface area contributed by atoms with Crippen LogP contribution >= 0.6 is 0 Å². The van der Waals surface area contributed by atoms with Crippen LogP contribution in [0.1, 0.15) is 23.3 Å². The first kappa shape index (κ1) is 19.1. The average molecular weight is 373 g/mol. The highest BCUT2D eigenvalue weighted by Crippen LogP contribution is 2.29. The second-order valence-electron chi connectivity index (χ2n) is 6.67. The van der Waals surface area contributed by atoms with E-state index < -0.39 is 11.6 Å². The monoisotopic (exact) mass is 373 g/mol. The number of carbonyl (C=O) groups excluding carboxylic acids is 1. The summed E-state index contributed by atoms with van der Waals surface area (Å²) in [6.07, 6.45) is 1.35. The van der Waals surface area contributed by atoms with Gasteiger partial charge in [-0.05, 0) is 43.2 Å². The molecule has 0 saturated carbocycles. The molecule has 27 heavy (non-hydrogen) atoms. The van der Waals surface area contributed by atoms with Crippen LogP contribution in [0.25, 0.3) is 11.3 Å². The van der Waals surface area contributed by atoms with Gasteiger partial charge in [-0.3, -0.25) is 4.79 Å². The summed E-state index contributed by atoms with van der Waals surface area (Å²) in [5, 5.41) is 12.5. The van der Waals surface area contributed by atoms with Crippen LogP contribution in [0.2, 0.25) is 0 Å². The van der Waals surface area contributed by atoms with Crippen molar-refractivity contribution in [2.45, 2.75) is 12.8 Å². The quantitative estimate of drug-likeness (QED) is 0.695. The Kier molecular flexibility index (Phi) is 5.88. The number of aromatic nitrogens is 2. The van der Waals surface area contributed by atoms with E-state index in [9.17, 15) is 14.7 Å². The Balaban J connectivity index is 1.76. The van der Waals surface area contributed by atoms with Gasteiger partial charge in [-0.2, -0.15) is 4.98 Å². The molecule has 1 fully saturated rings. The lowest BCUT2D eigenvalue weighted by atomic mass is 9.81. The number of H-pyrrole nitrogens is 1. The van der Waals surface area contributed by atoms with Crippen molar-refractivity contribution in [1.29, 1.82) is 0 Å². The van der Waals surface area contributed by atoms with Crippen molar-refractivity contribution in [3.63, 3.8) is 0 Å². The van der Waals surface area contributed by atoms with Crippen LogP contribution in [0.3, 0.4) is 0 Å². The Labute approximate surface area is 156 Å². The zero-order valence-corrected chi connectivity index (χ0v) is 15.2. The fourth-order valence-electron chi connectivity index (χ4n) is 3.05. The SMILES string of the molecule is COc1ccc(-c2cc(C(=O)NCC3(CO)CCOCC3)[nH]c(=O)n2)cc1. The molecular formula is C19H23N3O5. The molecule has 1 aromatic heterocycles. The number of hydrogen-bond acceptors (Lipinski definition) is 6. The predicted molar refractivity (Wildman–Crippen MR) is 98.8 cm³/mol. The second-order valence-corrected chi connectivity index (χ2v) is 6.67. The third-order valence-electron chi connectivity index (χ3n) is 4.89. The summed E-state index contributed by atoms with van der Waals surface area (Å²) in [5.74, 6) is 0.274. The lowest BCUT2D eigenvalue weighted by Crippen LogP contribution is -2.44. The first-order chi connectivity index (χ1) is 13.0. The van der Waals surface area contributed by atoms with Gasteiger partial charge in [-0.15, -0.1) is 0 Å². The van der Waals surface area contributed by atoms with E-state index >= 15 is 0 Å². The molecule has 2 heterocycles. The number of carbonyl (C=O) groups is 1. The number of aliphatic hydroxyl groups excluding tert-OH is 1. The Morgan fingerprint density at radius 3 is 2.67 bits per heavy atom. The Bertz CT molecular complexity index is 841. The number of amides is 1. The van der Waals surface area contributed by atoms with E-state index in [0.717, 1.165) is 0 Å². The summed E-state index contributed by atoms with van der Waals surface area (Å²) >= 11 is 0. The van der Waals surface area contributed by atoms with Gasteiger partial charge in [-0.25, -0.2) is 4.79 Å². The zero-order valence-electron chi connectivity index (χ0n) is 15.2. The molecule has 0 unspecified atom stereocenters. The lowest BCUT2D eigenvalue weighted by molar-refractivity contribution is -0.0146. The molecule has 0 bridgehead atoms. The third kappa shape index (κ3) is 4.53. The van der Waals surface area contributed by atoms with E-state index in [1.165, 1.54) is 6.07 Å². The minimum absolute atomic E-state index is 0.0272. The van der Waals surface area contributed by atoms with Crippen LogP contribution in [0.5, 0.6) is 5.75 Å². The van der Waals surface area contributed by atoms with E-state index in [0.29, 0.717) is 49.6 Å². The number of hydrogen-bond donors (Lipinski definition) is 3. The molecule has 8 nitrogen and oxygen atoms in total. The molecule has 3 N–H and O–H groups in total. The van der Waals surface area contributed by atoms with Crippen LogP contribution in [0, 0.1) is 5.41 Å². The molecule has 0 radical (unpaired) electrons. The van der Waals surface area contributed by atoms with Crippen LogP contribution in [-0.4, -0.2) is 54.5 Å².